The number of carbonyl (C=O) groups is 1. The third kappa shape index (κ3) is 3.30. The highest BCUT2D eigenvalue weighted by atomic mass is 35.5. The van der Waals surface area contributed by atoms with Gasteiger partial charge < -0.3 is 10.1 Å². The van der Waals surface area contributed by atoms with Crippen molar-refractivity contribution in [2.24, 2.45) is 7.05 Å². The van der Waals surface area contributed by atoms with E-state index < -0.39 is 0 Å². The normalized spacial score (nSPS) is 10.3. The quantitative estimate of drug-likeness (QED) is 0.861. The molecular formula is C14H16ClN3O2. The number of aromatic nitrogens is 2. The van der Waals surface area contributed by atoms with Crippen LogP contribution in [0.4, 0.5) is 5.69 Å². The van der Waals surface area contributed by atoms with Gasteiger partial charge in [0.15, 0.2) is 0 Å². The molecule has 1 heterocycles. The first kappa shape index (κ1) is 14.4. The van der Waals surface area contributed by atoms with Crippen LogP contribution in [0.5, 0.6) is 0 Å². The van der Waals surface area contributed by atoms with E-state index in [0.29, 0.717) is 23.7 Å². The molecule has 2 aromatic rings. The standard InChI is InChI=1S/C14H16ClN3O2/c1-3-20-14(19)12-8-17-18(2)13(12)9-16-11-6-4-10(15)5-7-11/h4-8,16H,3,9H2,1-2H3. The molecule has 2 rings (SSSR count). The van der Waals surface area contributed by atoms with Crippen LogP contribution in [0.25, 0.3) is 0 Å². The Morgan fingerprint density at radius 3 is 2.75 bits per heavy atom. The summed E-state index contributed by atoms with van der Waals surface area (Å²) < 4.78 is 6.67. The van der Waals surface area contributed by atoms with Crippen molar-refractivity contribution in [1.82, 2.24) is 9.78 Å². The molecule has 0 bridgehead atoms. The monoisotopic (exact) mass is 293 g/mol. The molecule has 0 aliphatic heterocycles. The largest absolute Gasteiger partial charge is 0.462 e. The van der Waals surface area contributed by atoms with Gasteiger partial charge in [-0.15, -0.1) is 0 Å². The topological polar surface area (TPSA) is 56.1 Å². The van der Waals surface area contributed by atoms with E-state index in [-0.39, 0.29) is 5.97 Å². The van der Waals surface area contributed by atoms with E-state index in [1.807, 2.05) is 12.1 Å². The first-order chi connectivity index (χ1) is 9.61. The molecule has 0 spiro atoms. The molecule has 0 saturated heterocycles. The fraction of sp³-hybridized carbons (Fsp3) is 0.286. The molecule has 0 aliphatic rings. The van der Waals surface area contributed by atoms with Crippen molar-refractivity contribution >= 4 is 23.3 Å². The molecule has 5 nitrogen and oxygen atoms in total. The minimum Gasteiger partial charge on any atom is -0.462 e. The predicted molar refractivity (Wildman–Crippen MR) is 77.9 cm³/mol. The first-order valence-corrected chi connectivity index (χ1v) is 6.67. The average Bonchev–Trinajstić information content (AvgIpc) is 2.80. The van der Waals surface area contributed by atoms with Crippen LogP contribution in [0, 0.1) is 0 Å². The number of ether oxygens (including phenoxy) is 1. The summed E-state index contributed by atoms with van der Waals surface area (Å²) in [6.07, 6.45) is 1.52. The fourth-order valence-electron chi connectivity index (χ4n) is 1.81. The van der Waals surface area contributed by atoms with Crippen molar-refractivity contribution in [2.45, 2.75) is 13.5 Å². The Kier molecular flexibility index (Phi) is 4.63. The van der Waals surface area contributed by atoms with Crippen LogP contribution in [0.15, 0.2) is 30.5 Å². The Morgan fingerprint density at radius 2 is 2.10 bits per heavy atom. The number of aryl methyl sites for hydroxylation is 1. The zero-order valence-corrected chi connectivity index (χ0v) is 12.1. The van der Waals surface area contributed by atoms with E-state index in [1.165, 1.54) is 6.20 Å². The molecule has 1 N–H and O–H groups in total. The highest BCUT2D eigenvalue weighted by Crippen LogP contribution is 2.16. The summed E-state index contributed by atoms with van der Waals surface area (Å²) in [5, 5.41) is 8.01. The lowest BCUT2D eigenvalue weighted by Crippen LogP contribution is -2.12. The van der Waals surface area contributed by atoms with Crippen LogP contribution in [0.1, 0.15) is 23.0 Å². The lowest BCUT2D eigenvalue weighted by molar-refractivity contribution is 0.0525. The minimum atomic E-state index is -0.353. The van der Waals surface area contributed by atoms with Gasteiger partial charge in [-0.1, -0.05) is 11.6 Å². The van der Waals surface area contributed by atoms with Crippen molar-refractivity contribution in [3.05, 3.63) is 46.7 Å². The Hall–Kier alpha value is -2.01. The summed E-state index contributed by atoms with van der Waals surface area (Å²) in [5.41, 5.74) is 2.18. The van der Waals surface area contributed by atoms with Crippen molar-refractivity contribution in [2.75, 3.05) is 11.9 Å². The van der Waals surface area contributed by atoms with Gasteiger partial charge in [0.2, 0.25) is 0 Å². The van der Waals surface area contributed by atoms with E-state index in [0.717, 1.165) is 11.4 Å². The molecule has 0 unspecified atom stereocenters. The van der Waals surface area contributed by atoms with E-state index >= 15 is 0 Å². The van der Waals surface area contributed by atoms with E-state index in [2.05, 4.69) is 10.4 Å². The van der Waals surface area contributed by atoms with Gasteiger partial charge in [-0.3, -0.25) is 4.68 Å². The van der Waals surface area contributed by atoms with Crippen LogP contribution in [-0.4, -0.2) is 22.4 Å². The molecule has 1 aromatic heterocycles. The number of anilines is 1. The van der Waals surface area contributed by atoms with E-state index in [9.17, 15) is 4.79 Å². The molecule has 0 radical (unpaired) electrons. The Bertz CT molecular complexity index is 593. The van der Waals surface area contributed by atoms with Crippen LogP contribution in [0.3, 0.4) is 0 Å². The van der Waals surface area contributed by atoms with E-state index in [4.69, 9.17) is 16.3 Å². The average molecular weight is 294 g/mol. The maximum atomic E-state index is 11.8. The molecule has 0 amide bonds. The molecule has 6 heteroatoms. The van der Waals surface area contributed by atoms with Gasteiger partial charge in [-0.05, 0) is 31.2 Å². The van der Waals surface area contributed by atoms with E-state index in [1.54, 1.807) is 30.8 Å². The molecule has 20 heavy (non-hydrogen) atoms. The second-order valence-corrected chi connectivity index (χ2v) is 4.65. The van der Waals surface area contributed by atoms with Gasteiger partial charge in [0, 0.05) is 17.8 Å². The summed E-state index contributed by atoms with van der Waals surface area (Å²) >= 11 is 5.84. The molecular weight excluding hydrogens is 278 g/mol. The molecule has 0 saturated carbocycles. The number of carbonyl (C=O) groups excluding carboxylic acids is 1. The maximum absolute atomic E-state index is 11.8. The predicted octanol–water partition coefficient (Wildman–Crippen LogP) is 2.86. The van der Waals surface area contributed by atoms with Crippen molar-refractivity contribution in [3.8, 4) is 0 Å². The zero-order valence-electron chi connectivity index (χ0n) is 11.4. The highest BCUT2D eigenvalue weighted by molar-refractivity contribution is 6.30. The maximum Gasteiger partial charge on any atom is 0.341 e. The summed E-state index contributed by atoms with van der Waals surface area (Å²) in [4.78, 5) is 11.8. The number of hydrogen-bond acceptors (Lipinski definition) is 4. The molecule has 106 valence electrons. The number of nitrogens with one attached hydrogen (secondary N) is 1. The lowest BCUT2D eigenvalue weighted by atomic mass is 10.2. The van der Waals surface area contributed by atoms with Crippen LogP contribution < -0.4 is 5.32 Å². The second-order valence-electron chi connectivity index (χ2n) is 4.21. The first-order valence-electron chi connectivity index (χ1n) is 6.29. The second kappa shape index (κ2) is 6.43. The third-order valence-corrected chi connectivity index (χ3v) is 3.11. The summed E-state index contributed by atoms with van der Waals surface area (Å²) in [6.45, 7) is 2.60. The Balaban J connectivity index is 2.11. The fourth-order valence-corrected chi connectivity index (χ4v) is 1.93. The number of halogens is 1. The van der Waals surface area contributed by atoms with Crippen LogP contribution in [-0.2, 0) is 18.3 Å². The number of nitrogens with zero attached hydrogens (tertiary/aromatic N) is 2. The van der Waals surface area contributed by atoms with Crippen molar-refractivity contribution in [3.63, 3.8) is 0 Å². The number of hydrogen-bond donors (Lipinski definition) is 1. The van der Waals surface area contributed by atoms with Gasteiger partial charge in [0.05, 0.1) is 25.0 Å². The van der Waals surface area contributed by atoms with Gasteiger partial charge >= 0.3 is 5.97 Å². The molecule has 1 aromatic carbocycles. The molecule has 0 atom stereocenters. The van der Waals surface area contributed by atoms with Gasteiger partial charge in [0.1, 0.15) is 5.56 Å². The number of benzene rings is 1. The number of esters is 1. The summed E-state index contributed by atoms with van der Waals surface area (Å²) in [7, 11) is 1.79. The van der Waals surface area contributed by atoms with Crippen molar-refractivity contribution in [1.29, 1.82) is 0 Å². The number of rotatable bonds is 5. The third-order valence-electron chi connectivity index (χ3n) is 2.86. The molecule has 0 aliphatic carbocycles. The Morgan fingerprint density at radius 1 is 1.40 bits per heavy atom. The Labute approximate surface area is 122 Å². The van der Waals surface area contributed by atoms with Crippen LogP contribution in [0.2, 0.25) is 5.02 Å². The zero-order chi connectivity index (χ0) is 14.5. The van der Waals surface area contributed by atoms with Gasteiger partial charge in [-0.2, -0.15) is 5.10 Å². The minimum absolute atomic E-state index is 0.345. The van der Waals surface area contributed by atoms with Gasteiger partial charge in [0.25, 0.3) is 0 Å². The van der Waals surface area contributed by atoms with Crippen molar-refractivity contribution < 1.29 is 9.53 Å². The lowest BCUT2D eigenvalue weighted by Gasteiger charge is -2.09. The molecule has 0 fully saturated rings. The highest BCUT2D eigenvalue weighted by Gasteiger charge is 2.16. The summed E-state index contributed by atoms with van der Waals surface area (Å²) in [5.74, 6) is -0.353. The van der Waals surface area contributed by atoms with Crippen LogP contribution >= 0.6 is 11.6 Å². The smallest absolute Gasteiger partial charge is 0.341 e. The SMILES string of the molecule is CCOC(=O)c1cnn(C)c1CNc1ccc(Cl)cc1. The van der Waals surface area contributed by atoms with Gasteiger partial charge in [-0.25, -0.2) is 4.79 Å². The summed E-state index contributed by atoms with van der Waals surface area (Å²) in [6, 6.07) is 7.37.